The van der Waals surface area contributed by atoms with Crippen LogP contribution in [0.1, 0.15) is 84.4 Å². The van der Waals surface area contributed by atoms with Gasteiger partial charge in [-0.05, 0) is 78.5 Å². The molecule has 0 nitrogen and oxygen atoms in total. The summed E-state index contributed by atoms with van der Waals surface area (Å²) < 4.78 is 0. The van der Waals surface area contributed by atoms with Crippen molar-refractivity contribution in [1.29, 1.82) is 0 Å². The third kappa shape index (κ3) is 6.59. The van der Waals surface area contributed by atoms with E-state index in [1.54, 1.807) is 5.56 Å². The summed E-state index contributed by atoms with van der Waals surface area (Å²) in [5, 5.41) is 0. The van der Waals surface area contributed by atoms with Crippen molar-refractivity contribution in [3.63, 3.8) is 0 Å². The van der Waals surface area contributed by atoms with Crippen LogP contribution in [-0.2, 0) is 19.3 Å². The average molecular weight is 399 g/mol. The monoisotopic (exact) mass is 398 g/mol. The molecule has 0 unspecified atom stereocenters. The molecule has 0 fully saturated rings. The van der Waals surface area contributed by atoms with E-state index >= 15 is 0 Å². The summed E-state index contributed by atoms with van der Waals surface area (Å²) in [6.07, 6.45) is 11.4. The number of unbranched alkanes of at least 4 members (excludes halogenated alkanes) is 5. The van der Waals surface area contributed by atoms with Crippen LogP contribution in [0, 0.1) is 13.8 Å². The SMILES string of the molecule is CCCCCCCCc1cc(Cc2ccccc2C)ccc1Cc1ccccc1C. The third-order valence-electron chi connectivity index (χ3n) is 6.37. The quantitative estimate of drug-likeness (QED) is 0.284. The van der Waals surface area contributed by atoms with E-state index in [2.05, 4.69) is 87.5 Å². The first-order valence-electron chi connectivity index (χ1n) is 11.9. The maximum Gasteiger partial charge on any atom is -0.00204 e. The first-order chi connectivity index (χ1) is 14.7. The molecule has 0 bridgehead atoms. The maximum absolute atomic E-state index is 2.49. The first kappa shape index (κ1) is 22.3. The highest BCUT2D eigenvalue weighted by Crippen LogP contribution is 2.23. The van der Waals surface area contributed by atoms with Crippen molar-refractivity contribution in [3.05, 3.63) is 106 Å². The van der Waals surface area contributed by atoms with Crippen molar-refractivity contribution in [2.24, 2.45) is 0 Å². The van der Waals surface area contributed by atoms with E-state index in [0.717, 1.165) is 12.8 Å². The molecule has 0 heterocycles. The van der Waals surface area contributed by atoms with Crippen LogP contribution in [0.5, 0.6) is 0 Å². The molecule has 30 heavy (non-hydrogen) atoms. The lowest BCUT2D eigenvalue weighted by Crippen LogP contribution is -2.01. The van der Waals surface area contributed by atoms with Gasteiger partial charge in [-0.3, -0.25) is 0 Å². The first-order valence-corrected chi connectivity index (χ1v) is 11.9. The van der Waals surface area contributed by atoms with Gasteiger partial charge in [0.2, 0.25) is 0 Å². The minimum atomic E-state index is 1.03. The molecule has 0 amide bonds. The lowest BCUT2D eigenvalue weighted by atomic mass is 9.91. The lowest BCUT2D eigenvalue weighted by molar-refractivity contribution is 0.606. The van der Waals surface area contributed by atoms with E-state index in [1.807, 2.05) is 0 Å². The fraction of sp³-hybridized carbons (Fsp3) is 0.400. The zero-order valence-corrected chi connectivity index (χ0v) is 19.2. The minimum Gasteiger partial charge on any atom is -0.0654 e. The van der Waals surface area contributed by atoms with Crippen LogP contribution in [0.4, 0.5) is 0 Å². The van der Waals surface area contributed by atoms with E-state index in [9.17, 15) is 0 Å². The molecule has 0 spiro atoms. The van der Waals surface area contributed by atoms with Crippen molar-refractivity contribution in [1.82, 2.24) is 0 Å². The van der Waals surface area contributed by atoms with E-state index in [-0.39, 0.29) is 0 Å². The van der Waals surface area contributed by atoms with Crippen molar-refractivity contribution < 1.29 is 0 Å². The summed E-state index contributed by atoms with van der Waals surface area (Å²) in [5.41, 5.74) is 10.2. The van der Waals surface area contributed by atoms with Gasteiger partial charge in [0, 0.05) is 0 Å². The molecule has 0 atom stereocenters. The minimum absolute atomic E-state index is 1.03. The Morgan fingerprint density at radius 3 is 1.80 bits per heavy atom. The molecule has 0 N–H and O–H groups in total. The fourth-order valence-electron chi connectivity index (χ4n) is 4.33. The van der Waals surface area contributed by atoms with Gasteiger partial charge in [-0.2, -0.15) is 0 Å². The highest BCUT2D eigenvalue weighted by atomic mass is 14.1. The van der Waals surface area contributed by atoms with Crippen LogP contribution in [-0.4, -0.2) is 0 Å². The van der Waals surface area contributed by atoms with Gasteiger partial charge in [0.15, 0.2) is 0 Å². The summed E-state index contributed by atoms with van der Waals surface area (Å²) in [6, 6.07) is 24.8. The van der Waals surface area contributed by atoms with Gasteiger partial charge >= 0.3 is 0 Å². The highest BCUT2D eigenvalue weighted by Gasteiger charge is 2.08. The lowest BCUT2D eigenvalue weighted by Gasteiger charge is -2.14. The van der Waals surface area contributed by atoms with Crippen molar-refractivity contribution in [2.45, 2.75) is 78.6 Å². The highest BCUT2D eigenvalue weighted by molar-refractivity contribution is 5.40. The van der Waals surface area contributed by atoms with Gasteiger partial charge in [0.25, 0.3) is 0 Å². The van der Waals surface area contributed by atoms with Gasteiger partial charge in [-0.25, -0.2) is 0 Å². The maximum atomic E-state index is 2.49. The molecule has 3 aromatic rings. The van der Waals surface area contributed by atoms with Crippen molar-refractivity contribution >= 4 is 0 Å². The van der Waals surface area contributed by atoms with E-state index < -0.39 is 0 Å². The molecular weight excluding hydrogens is 360 g/mol. The van der Waals surface area contributed by atoms with Gasteiger partial charge in [-0.1, -0.05) is 106 Å². The van der Waals surface area contributed by atoms with Crippen LogP contribution in [0.3, 0.4) is 0 Å². The summed E-state index contributed by atoms with van der Waals surface area (Å²) in [5.74, 6) is 0. The Morgan fingerprint density at radius 2 is 1.13 bits per heavy atom. The largest absolute Gasteiger partial charge is 0.0654 e. The fourth-order valence-corrected chi connectivity index (χ4v) is 4.33. The predicted molar refractivity (Wildman–Crippen MR) is 131 cm³/mol. The Bertz CT molecular complexity index is 919. The van der Waals surface area contributed by atoms with Crippen LogP contribution >= 0.6 is 0 Å². The van der Waals surface area contributed by atoms with E-state index in [0.29, 0.717) is 0 Å². The number of hydrogen-bond donors (Lipinski definition) is 0. The summed E-state index contributed by atoms with van der Waals surface area (Å²) in [4.78, 5) is 0. The van der Waals surface area contributed by atoms with Crippen molar-refractivity contribution in [2.75, 3.05) is 0 Å². The molecule has 0 radical (unpaired) electrons. The Hall–Kier alpha value is -2.34. The Kier molecular flexibility index (Phi) is 8.75. The van der Waals surface area contributed by atoms with Crippen LogP contribution in [0.2, 0.25) is 0 Å². The molecule has 0 aliphatic rings. The average Bonchev–Trinajstić information content (AvgIpc) is 2.75. The topological polar surface area (TPSA) is 0 Å². The molecule has 0 aliphatic carbocycles. The normalized spacial score (nSPS) is 11.0. The molecule has 0 aliphatic heterocycles. The number of aryl methyl sites for hydroxylation is 3. The third-order valence-corrected chi connectivity index (χ3v) is 6.37. The second-order valence-corrected chi connectivity index (χ2v) is 8.83. The number of benzene rings is 3. The van der Waals surface area contributed by atoms with Crippen molar-refractivity contribution in [3.8, 4) is 0 Å². The summed E-state index contributed by atoms with van der Waals surface area (Å²) in [7, 11) is 0. The molecule has 0 saturated heterocycles. The second kappa shape index (κ2) is 11.7. The Morgan fingerprint density at radius 1 is 0.533 bits per heavy atom. The zero-order valence-electron chi connectivity index (χ0n) is 19.2. The van der Waals surface area contributed by atoms with Gasteiger partial charge in [0.1, 0.15) is 0 Å². The predicted octanol–water partition coefficient (Wildman–Crippen LogP) is 8.39. The van der Waals surface area contributed by atoms with Crippen LogP contribution in [0.15, 0.2) is 66.7 Å². The molecule has 158 valence electrons. The Balaban J connectivity index is 1.76. The number of rotatable bonds is 11. The smallest absolute Gasteiger partial charge is 0.00204 e. The summed E-state index contributed by atoms with van der Waals surface area (Å²) in [6.45, 7) is 6.74. The van der Waals surface area contributed by atoms with Crippen LogP contribution < -0.4 is 0 Å². The molecular formula is C30H38. The van der Waals surface area contributed by atoms with Gasteiger partial charge < -0.3 is 0 Å². The van der Waals surface area contributed by atoms with E-state index in [1.165, 1.54) is 78.3 Å². The molecule has 0 heteroatoms. The molecule has 3 rings (SSSR count). The number of hydrogen-bond acceptors (Lipinski definition) is 0. The second-order valence-electron chi connectivity index (χ2n) is 8.83. The van der Waals surface area contributed by atoms with Gasteiger partial charge in [0.05, 0.1) is 0 Å². The standard InChI is InChI=1S/C30H38/c1-4-5-6-7-8-9-18-29-22-26(21-27-16-12-10-14-24(27)2)19-20-30(29)23-28-17-13-11-15-25(28)3/h10-17,19-20,22H,4-9,18,21,23H2,1-3H3. The van der Waals surface area contributed by atoms with Gasteiger partial charge in [-0.15, -0.1) is 0 Å². The molecule has 0 aromatic heterocycles. The molecule has 3 aromatic carbocycles. The van der Waals surface area contributed by atoms with Crippen LogP contribution in [0.25, 0.3) is 0 Å². The van der Waals surface area contributed by atoms with E-state index in [4.69, 9.17) is 0 Å². The summed E-state index contributed by atoms with van der Waals surface area (Å²) >= 11 is 0. The molecule has 0 saturated carbocycles. The Labute approximate surface area is 184 Å². The zero-order chi connectivity index (χ0) is 21.2.